The lowest BCUT2D eigenvalue weighted by molar-refractivity contribution is -0.127. The van der Waals surface area contributed by atoms with E-state index in [0.717, 1.165) is 23.6 Å². The second-order valence-corrected chi connectivity index (χ2v) is 6.40. The Kier molecular flexibility index (Phi) is 4.45. The molecule has 0 saturated carbocycles. The van der Waals surface area contributed by atoms with Gasteiger partial charge in [0.2, 0.25) is 11.8 Å². The smallest absolute Gasteiger partial charge is 0.340 e. The summed E-state index contributed by atoms with van der Waals surface area (Å²) in [5.74, 6) is 0.714. The van der Waals surface area contributed by atoms with Gasteiger partial charge < -0.3 is 9.64 Å². The van der Waals surface area contributed by atoms with Gasteiger partial charge in [0.1, 0.15) is 12.3 Å². The predicted octanol–water partition coefficient (Wildman–Crippen LogP) is 1.87. The van der Waals surface area contributed by atoms with Crippen molar-refractivity contribution >= 4 is 16.7 Å². The number of nitrogens with zero attached hydrogens (tertiary/aromatic N) is 3. The topological polar surface area (TPSA) is 104 Å². The number of pyridine rings is 1. The summed E-state index contributed by atoms with van der Waals surface area (Å²) in [7, 11) is 0. The Hall–Kier alpha value is -3.42. The van der Waals surface area contributed by atoms with Crippen LogP contribution in [0, 0.1) is 0 Å². The number of aromatic amines is 2. The zero-order chi connectivity index (χ0) is 18.8. The highest BCUT2D eigenvalue weighted by Crippen LogP contribution is 2.28. The van der Waals surface area contributed by atoms with Gasteiger partial charge in [0.15, 0.2) is 5.82 Å². The molecule has 0 bridgehead atoms. The number of aromatic nitrogens is 4. The van der Waals surface area contributed by atoms with Crippen molar-refractivity contribution in [3.63, 3.8) is 0 Å². The summed E-state index contributed by atoms with van der Waals surface area (Å²) < 4.78 is 6.03. The molecule has 1 fully saturated rings. The Labute approximate surface area is 154 Å². The van der Waals surface area contributed by atoms with E-state index < -0.39 is 5.69 Å². The SMILES string of the molecule is C=CC(=O)N1CCC[C@H]1COc1nc(-c2n[nH]c(=O)[nH]2)cc2ccccc12. The molecule has 0 radical (unpaired) electrons. The third kappa shape index (κ3) is 3.33. The fourth-order valence-electron chi connectivity index (χ4n) is 3.38. The van der Waals surface area contributed by atoms with Crippen molar-refractivity contribution in [1.82, 2.24) is 25.1 Å². The van der Waals surface area contributed by atoms with Crippen LogP contribution in [0.15, 0.2) is 47.8 Å². The van der Waals surface area contributed by atoms with E-state index in [1.54, 1.807) is 4.90 Å². The molecule has 27 heavy (non-hydrogen) atoms. The molecule has 1 saturated heterocycles. The molecule has 138 valence electrons. The second kappa shape index (κ2) is 7.06. The molecule has 2 N–H and O–H groups in total. The lowest BCUT2D eigenvalue weighted by atomic mass is 10.1. The maximum absolute atomic E-state index is 12.0. The molecule has 3 aromatic rings. The average molecular weight is 365 g/mol. The van der Waals surface area contributed by atoms with Crippen molar-refractivity contribution in [2.24, 2.45) is 0 Å². The van der Waals surface area contributed by atoms with Gasteiger partial charge in [-0.3, -0.25) is 9.78 Å². The number of nitrogens with one attached hydrogen (secondary N) is 2. The van der Waals surface area contributed by atoms with Crippen molar-refractivity contribution in [2.75, 3.05) is 13.2 Å². The number of hydrogen-bond acceptors (Lipinski definition) is 5. The summed E-state index contributed by atoms with van der Waals surface area (Å²) in [4.78, 5) is 32.3. The Morgan fingerprint density at radius 1 is 1.41 bits per heavy atom. The molecule has 0 spiro atoms. The number of likely N-dealkylation sites (tertiary alicyclic amines) is 1. The maximum Gasteiger partial charge on any atom is 0.340 e. The number of amides is 1. The highest BCUT2D eigenvalue weighted by Gasteiger charge is 2.28. The summed E-state index contributed by atoms with van der Waals surface area (Å²) in [5.41, 5.74) is 0.111. The molecule has 8 nitrogen and oxygen atoms in total. The first-order valence-electron chi connectivity index (χ1n) is 8.76. The molecule has 3 heterocycles. The van der Waals surface area contributed by atoms with Crippen molar-refractivity contribution in [3.05, 3.63) is 53.5 Å². The zero-order valence-electron chi connectivity index (χ0n) is 14.6. The minimum Gasteiger partial charge on any atom is -0.475 e. The van der Waals surface area contributed by atoms with Gasteiger partial charge in [-0.05, 0) is 36.4 Å². The summed E-state index contributed by atoms with van der Waals surface area (Å²) in [6.07, 6.45) is 3.15. The highest BCUT2D eigenvalue weighted by molar-refractivity contribution is 5.89. The van der Waals surface area contributed by atoms with Crippen LogP contribution in [0.4, 0.5) is 0 Å². The fraction of sp³-hybridized carbons (Fsp3) is 0.263. The van der Waals surface area contributed by atoms with Crippen LogP contribution in [0.1, 0.15) is 12.8 Å². The second-order valence-electron chi connectivity index (χ2n) is 6.40. The number of carbonyl (C=O) groups excluding carboxylic acids is 1. The number of benzene rings is 1. The lowest BCUT2D eigenvalue weighted by Crippen LogP contribution is -2.38. The highest BCUT2D eigenvalue weighted by atomic mass is 16.5. The van der Waals surface area contributed by atoms with Crippen LogP contribution in [0.3, 0.4) is 0 Å². The third-order valence-corrected chi connectivity index (χ3v) is 4.70. The summed E-state index contributed by atoms with van der Waals surface area (Å²) in [6, 6.07) is 9.54. The maximum atomic E-state index is 12.0. The van der Waals surface area contributed by atoms with Crippen LogP contribution in [0.25, 0.3) is 22.3 Å². The van der Waals surface area contributed by atoms with Crippen molar-refractivity contribution in [2.45, 2.75) is 18.9 Å². The van der Waals surface area contributed by atoms with Crippen LogP contribution in [-0.2, 0) is 4.79 Å². The van der Waals surface area contributed by atoms with Crippen LogP contribution < -0.4 is 10.4 Å². The van der Waals surface area contributed by atoms with E-state index in [1.807, 2.05) is 30.3 Å². The first kappa shape index (κ1) is 17.0. The van der Waals surface area contributed by atoms with Crippen LogP contribution >= 0.6 is 0 Å². The first-order chi connectivity index (χ1) is 13.2. The van der Waals surface area contributed by atoms with Crippen LogP contribution in [-0.4, -0.2) is 50.2 Å². The van der Waals surface area contributed by atoms with E-state index in [2.05, 4.69) is 26.7 Å². The monoisotopic (exact) mass is 365 g/mol. The largest absolute Gasteiger partial charge is 0.475 e. The molecule has 0 unspecified atom stereocenters. The molecule has 1 aliphatic rings. The van der Waals surface area contributed by atoms with E-state index in [-0.39, 0.29) is 11.9 Å². The lowest BCUT2D eigenvalue weighted by Gasteiger charge is -2.23. The standard InChI is InChI=1S/C19H19N5O3/c1-2-16(25)24-9-5-7-13(24)11-27-18-14-8-4-3-6-12(14)10-15(20-18)17-21-19(26)23-22-17/h2-4,6,8,10,13H,1,5,7,9,11H2,(H2,21,22,23,26)/t13-/m0/s1. The van der Waals surface area contributed by atoms with Gasteiger partial charge in [0.05, 0.1) is 6.04 Å². The molecule has 1 atom stereocenters. The van der Waals surface area contributed by atoms with E-state index in [4.69, 9.17) is 4.74 Å². The van der Waals surface area contributed by atoms with Gasteiger partial charge in [-0.1, -0.05) is 24.8 Å². The van der Waals surface area contributed by atoms with Gasteiger partial charge in [0.25, 0.3) is 0 Å². The Balaban J connectivity index is 1.65. The van der Waals surface area contributed by atoms with Gasteiger partial charge in [-0.25, -0.2) is 14.9 Å². The predicted molar refractivity (Wildman–Crippen MR) is 100 cm³/mol. The van der Waals surface area contributed by atoms with E-state index in [9.17, 15) is 9.59 Å². The number of H-pyrrole nitrogens is 2. The van der Waals surface area contributed by atoms with E-state index in [1.165, 1.54) is 6.08 Å². The van der Waals surface area contributed by atoms with Crippen LogP contribution in [0.2, 0.25) is 0 Å². The van der Waals surface area contributed by atoms with Crippen LogP contribution in [0.5, 0.6) is 5.88 Å². The first-order valence-corrected chi connectivity index (χ1v) is 8.76. The molecule has 1 amide bonds. The number of fused-ring (bicyclic) bond motifs is 1. The van der Waals surface area contributed by atoms with Gasteiger partial charge in [-0.15, -0.1) is 0 Å². The van der Waals surface area contributed by atoms with Crippen molar-refractivity contribution in [1.29, 1.82) is 0 Å². The minimum atomic E-state index is -0.396. The fourth-order valence-corrected chi connectivity index (χ4v) is 3.38. The number of ether oxygens (including phenoxy) is 1. The Morgan fingerprint density at radius 3 is 3.04 bits per heavy atom. The normalized spacial score (nSPS) is 16.6. The molecule has 1 aliphatic heterocycles. The third-order valence-electron chi connectivity index (χ3n) is 4.70. The van der Waals surface area contributed by atoms with Crippen molar-refractivity contribution in [3.8, 4) is 17.4 Å². The van der Waals surface area contributed by atoms with Crippen molar-refractivity contribution < 1.29 is 9.53 Å². The molecule has 2 aromatic heterocycles. The molecule has 8 heteroatoms. The van der Waals surface area contributed by atoms with E-state index >= 15 is 0 Å². The summed E-state index contributed by atoms with van der Waals surface area (Å²) >= 11 is 0. The molecule has 1 aromatic carbocycles. The van der Waals surface area contributed by atoms with Gasteiger partial charge in [0, 0.05) is 11.9 Å². The Morgan fingerprint density at radius 2 is 2.26 bits per heavy atom. The summed E-state index contributed by atoms with van der Waals surface area (Å²) in [5, 5.41) is 8.07. The minimum absolute atomic E-state index is 0.00934. The quantitative estimate of drug-likeness (QED) is 0.672. The molecular formula is C19H19N5O3. The summed E-state index contributed by atoms with van der Waals surface area (Å²) in [6.45, 7) is 4.62. The van der Waals surface area contributed by atoms with E-state index in [0.29, 0.717) is 30.5 Å². The Bertz CT molecular complexity index is 1050. The van der Waals surface area contributed by atoms with Gasteiger partial charge in [-0.2, -0.15) is 5.10 Å². The number of carbonyl (C=O) groups is 1. The molecule has 4 rings (SSSR count). The molecular weight excluding hydrogens is 346 g/mol. The number of hydrogen-bond donors (Lipinski definition) is 2. The van der Waals surface area contributed by atoms with Gasteiger partial charge >= 0.3 is 5.69 Å². The number of rotatable bonds is 5. The molecule has 0 aliphatic carbocycles. The zero-order valence-corrected chi connectivity index (χ0v) is 14.6. The average Bonchev–Trinajstić information content (AvgIpc) is 3.34.